The molecule has 0 atom stereocenters. The molecule has 0 saturated heterocycles. The van der Waals surface area contributed by atoms with Crippen LogP contribution in [0.4, 0.5) is 0 Å². The maximum absolute atomic E-state index is 12.1. The predicted octanol–water partition coefficient (Wildman–Crippen LogP) is 4.79. The van der Waals surface area contributed by atoms with E-state index in [4.69, 9.17) is 0 Å². The first kappa shape index (κ1) is 16.7. The molecule has 21 heavy (non-hydrogen) atoms. The first-order valence-electron chi connectivity index (χ1n) is 7.15. The molecule has 2 nitrogen and oxygen atoms in total. The highest BCUT2D eigenvalue weighted by molar-refractivity contribution is 5.95. The van der Waals surface area contributed by atoms with E-state index in [9.17, 15) is 4.79 Å². The van der Waals surface area contributed by atoms with Crippen LogP contribution in [0, 0.1) is 0 Å². The lowest BCUT2D eigenvalue weighted by atomic mass is 10.1. The molecule has 0 fully saturated rings. The number of hydrogen-bond acceptors (Lipinski definition) is 1. The highest BCUT2D eigenvalue weighted by Gasteiger charge is 2.05. The number of amides is 1. The van der Waals surface area contributed by atoms with Crippen LogP contribution in [0.2, 0.25) is 0 Å². The lowest BCUT2D eigenvalue weighted by Gasteiger charge is -2.07. The lowest BCUT2D eigenvalue weighted by Crippen LogP contribution is -2.21. The Morgan fingerprint density at radius 3 is 2.52 bits per heavy atom. The van der Waals surface area contributed by atoms with Crippen molar-refractivity contribution in [2.45, 2.75) is 27.2 Å². The van der Waals surface area contributed by atoms with Gasteiger partial charge in [-0.1, -0.05) is 49.9 Å². The van der Waals surface area contributed by atoms with E-state index in [1.807, 2.05) is 44.2 Å². The summed E-state index contributed by atoms with van der Waals surface area (Å²) in [4.78, 5) is 12.1. The summed E-state index contributed by atoms with van der Waals surface area (Å²) in [7, 11) is 0. The molecule has 0 heterocycles. The van der Waals surface area contributed by atoms with Crippen molar-refractivity contribution in [3.8, 4) is 0 Å². The van der Waals surface area contributed by atoms with Crippen molar-refractivity contribution in [2.75, 3.05) is 0 Å². The van der Waals surface area contributed by atoms with Crippen molar-refractivity contribution in [2.24, 2.45) is 0 Å². The minimum atomic E-state index is -0.145. The second kappa shape index (κ2) is 8.75. The van der Waals surface area contributed by atoms with Crippen LogP contribution in [0.15, 0.2) is 78.1 Å². The monoisotopic (exact) mass is 281 g/mol. The van der Waals surface area contributed by atoms with E-state index in [1.165, 1.54) is 0 Å². The normalized spacial score (nSPS) is 12.5. The number of rotatable bonds is 6. The molecule has 1 aromatic rings. The molecule has 0 bridgehead atoms. The maximum atomic E-state index is 12.1. The van der Waals surface area contributed by atoms with Crippen LogP contribution >= 0.6 is 0 Å². The smallest absolute Gasteiger partial charge is 0.255 e. The standard InChI is InChI=1S/C19H23NO/c1-5-7-11-18(15(3)6-2)14-16(4)20-19(21)17-12-9-8-10-13-17/h6-14H,4-5H2,1-3H3,(H,20,21)/b11-7-,15-6-,18-14-. The zero-order valence-electron chi connectivity index (χ0n) is 13.0. The molecule has 1 N–H and O–H groups in total. The summed E-state index contributed by atoms with van der Waals surface area (Å²) in [5, 5.41) is 2.81. The Kier molecular flexibility index (Phi) is 6.96. The summed E-state index contributed by atoms with van der Waals surface area (Å²) in [5.74, 6) is -0.145. The average Bonchev–Trinajstić information content (AvgIpc) is 2.51. The van der Waals surface area contributed by atoms with Crippen LogP contribution in [-0.2, 0) is 0 Å². The Labute approximate surface area is 127 Å². The molecular formula is C19H23NO. The van der Waals surface area contributed by atoms with Gasteiger partial charge in [0.2, 0.25) is 0 Å². The van der Waals surface area contributed by atoms with E-state index in [2.05, 4.69) is 31.0 Å². The Morgan fingerprint density at radius 1 is 1.29 bits per heavy atom. The van der Waals surface area contributed by atoms with Gasteiger partial charge in [0, 0.05) is 11.3 Å². The van der Waals surface area contributed by atoms with E-state index in [0.717, 1.165) is 17.6 Å². The molecule has 0 saturated carbocycles. The summed E-state index contributed by atoms with van der Waals surface area (Å²) in [6.07, 6.45) is 9.04. The number of carbonyl (C=O) groups excluding carboxylic acids is 1. The molecule has 0 aromatic heterocycles. The van der Waals surface area contributed by atoms with Crippen LogP contribution in [0.5, 0.6) is 0 Å². The molecule has 0 spiro atoms. The largest absolute Gasteiger partial charge is 0.323 e. The Hall–Kier alpha value is -2.35. The topological polar surface area (TPSA) is 29.1 Å². The molecule has 0 aliphatic heterocycles. The zero-order chi connectivity index (χ0) is 15.7. The number of benzene rings is 1. The molecule has 1 rings (SSSR count). The van der Waals surface area contributed by atoms with Gasteiger partial charge in [-0.3, -0.25) is 4.79 Å². The summed E-state index contributed by atoms with van der Waals surface area (Å²) in [6.45, 7) is 10.0. The minimum absolute atomic E-state index is 0.145. The molecule has 0 aliphatic carbocycles. The van der Waals surface area contributed by atoms with Crippen LogP contribution in [0.3, 0.4) is 0 Å². The van der Waals surface area contributed by atoms with Gasteiger partial charge in [-0.2, -0.15) is 0 Å². The van der Waals surface area contributed by atoms with Gasteiger partial charge in [0.1, 0.15) is 0 Å². The van der Waals surface area contributed by atoms with Crippen molar-refractivity contribution in [3.63, 3.8) is 0 Å². The number of nitrogens with one attached hydrogen (secondary N) is 1. The van der Waals surface area contributed by atoms with Gasteiger partial charge in [0.05, 0.1) is 0 Å². The zero-order valence-corrected chi connectivity index (χ0v) is 13.0. The van der Waals surface area contributed by atoms with E-state index in [1.54, 1.807) is 12.1 Å². The van der Waals surface area contributed by atoms with Crippen molar-refractivity contribution in [1.29, 1.82) is 0 Å². The average molecular weight is 281 g/mol. The number of hydrogen-bond donors (Lipinski definition) is 1. The first-order chi connectivity index (χ1) is 10.1. The van der Waals surface area contributed by atoms with E-state index >= 15 is 0 Å². The SMILES string of the molecule is C=C(/C=C(/C=C\CC)C(\C)=C/C)NC(=O)c1ccccc1. The lowest BCUT2D eigenvalue weighted by molar-refractivity contribution is 0.0967. The summed E-state index contributed by atoms with van der Waals surface area (Å²) < 4.78 is 0. The fourth-order valence-electron chi connectivity index (χ4n) is 1.74. The van der Waals surface area contributed by atoms with Crippen LogP contribution in [-0.4, -0.2) is 5.91 Å². The first-order valence-corrected chi connectivity index (χ1v) is 7.15. The number of carbonyl (C=O) groups is 1. The van der Waals surface area contributed by atoms with Crippen LogP contribution in [0.1, 0.15) is 37.6 Å². The van der Waals surface area contributed by atoms with Crippen molar-refractivity contribution >= 4 is 5.91 Å². The molecule has 0 radical (unpaired) electrons. The van der Waals surface area contributed by atoms with Gasteiger partial charge in [0.25, 0.3) is 5.91 Å². The van der Waals surface area contributed by atoms with Gasteiger partial charge in [-0.05, 0) is 49.6 Å². The Balaban J connectivity index is 2.84. The van der Waals surface area contributed by atoms with Crippen molar-refractivity contribution in [3.05, 3.63) is 83.6 Å². The molecule has 2 heteroatoms. The Bertz CT molecular complexity index is 577. The van der Waals surface area contributed by atoms with Gasteiger partial charge in [-0.15, -0.1) is 0 Å². The van der Waals surface area contributed by atoms with Crippen molar-refractivity contribution in [1.82, 2.24) is 5.32 Å². The summed E-state index contributed by atoms with van der Waals surface area (Å²) >= 11 is 0. The highest BCUT2D eigenvalue weighted by Crippen LogP contribution is 2.13. The molecule has 0 aliphatic rings. The Morgan fingerprint density at radius 2 is 1.95 bits per heavy atom. The van der Waals surface area contributed by atoms with Gasteiger partial charge in [0.15, 0.2) is 0 Å². The van der Waals surface area contributed by atoms with E-state index < -0.39 is 0 Å². The molecular weight excluding hydrogens is 258 g/mol. The van der Waals surface area contributed by atoms with Crippen LogP contribution in [0.25, 0.3) is 0 Å². The maximum Gasteiger partial charge on any atom is 0.255 e. The second-order valence-corrected chi connectivity index (χ2v) is 4.73. The molecule has 1 amide bonds. The highest BCUT2D eigenvalue weighted by atomic mass is 16.1. The minimum Gasteiger partial charge on any atom is -0.323 e. The van der Waals surface area contributed by atoms with Crippen molar-refractivity contribution < 1.29 is 4.79 Å². The fraction of sp³-hybridized carbons (Fsp3) is 0.211. The molecule has 110 valence electrons. The fourth-order valence-corrected chi connectivity index (χ4v) is 1.74. The van der Waals surface area contributed by atoms with Gasteiger partial charge in [-0.25, -0.2) is 0 Å². The third-order valence-corrected chi connectivity index (χ3v) is 3.06. The quantitative estimate of drug-likeness (QED) is 0.746. The van der Waals surface area contributed by atoms with E-state index in [0.29, 0.717) is 11.3 Å². The van der Waals surface area contributed by atoms with Crippen LogP contribution < -0.4 is 5.32 Å². The molecule has 0 unspecified atom stereocenters. The molecule has 1 aromatic carbocycles. The second-order valence-electron chi connectivity index (χ2n) is 4.73. The third kappa shape index (κ3) is 5.65. The third-order valence-electron chi connectivity index (χ3n) is 3.06. The van der Waals surface area contributed by atoms with E-state index in [-0.39, 0.29) is 5.91 Å². The predicted molar refractivity (Wildman–Crippen MR) is 90.0 cm³/mol. The summed E-state index contributed by atoms with van der Waals surface area (Å²) in [5.41, 5.74) is 3.41. The number of allylic oxidation sites excluding steroid dienone is 6. The van der Waals surface area contributed by atoms with Gasteiger partial charge >= 0.3 is 0 Å². The summed E-state index contributed by atoms with van der Waals surface area (Å²) in [6, 6.07) is 9.12. The van der Waals surface area contributed by atoms with Gasteiger partial charge < -0.3 is 5.32 Å².